The van der Waals surface area contributed by atoms with Gasteiger partial charge in [-0.15, -0.1) is 0 Å². The highest BCUT2D eigenvalue weighted by molar-refractivity contribution is 6.04. The fourth-order valence-corrected chi connectivity index (χ4v) is 2.57. The minimum atomic E-state index is -0.284. The third-order valence-electron chi connectivity index (χ3n) is 4.06. The molecule has 1 aromatic carbocycles. The van der Waals surface area contributed by atoms with Gasteiger partial charge in [0.25, 0.3) is 5.91 Å². The first-order chi connectivity index (χ1) is 12.1. The smallest absolute Gasteiger partial charge is 0.294 e. The molecule has 128 valence electrons. The summed E-state index contributed by atoms with van der Waals surface area (Å²) in [6.45, 7) is 2.11. The number of methoxy groups -OCH3 is 1. The van der Waals surface area contributed by atoms with E-state index in [2.05, 4.69) is 24.0 Å². The van der Waals surface area contributed by atoms with Crippen LogP contribution >= 0.6 is 0 Å². The van der Waals surface area contributed by atoms with Gasteiger partial charge in [-0.1, -0.05) is 31.2 Å². The lowest BCUT2D eigenvalue weighted by molar-refractivity contribution is 0.0966. The number of rotatable bonds is 5. The van der Waals surface area contributed by atoms with Crippen LogP contribution in [0.1, 0.15) is 23.0 Å². The molecule has 2 heterocycles. The topological polar surface area (TPSA) is 55.6 Å². The van der Waals surface area contributed by atoms with E-state index in [1.165, 1.54) is 10.5 Å². The van der Waals surface area contributed by atoms with Gasteiger partial charge in [-0.25, -0.2) is 4.98 Å². The van der Waals surface area contributed by atoms with E-state index in [4.69, 9.17) is 9.15 Å². The lowest BCUT2D eigenvalue weighted by atomic mass is 10.1. The highest BCUT2D eigenvalue weighted by atomic mass is 16.5. The van der Waals surface area contributed by atoms with E-state index in [1.54, 1.807) is 44.6 Å². The van der Waals surface area contributed by atoms with Crippen molar-refractivity contribution < 1.29 is 13.9 Å². The number of anilines is 1. The third kappa shape index (κ3) is 3.40. The Morgan fingerprint density at radius 2 is 1.92 bits per heavy atom. The molecule has 0 radical (unpaired) electrons. The van der Waals surface area contributed by atoms with Crippen molar-refractivity contribution in [2.75, 3.05) is 19.1 Å². The highest BCUT2D eigenvalue weighted by Crippen LogP contribution is 2.27. The molecule has 0 fully saturated rings. The summed E-state index contributed by atoms with van der Waals surface area (Å²) in [4.78, 5) is 18.3. The summed E-state index contributed by atoms with van der Waals surface area (Å²) >= 11 is 0. The molecule has 3 aromatic rings. The number of benzene rings is 1. The second-order valence-electron chi connectivity index (χ2n) is 5.61. The van der Waals surface area contributed by atoms with E-state index in [1.807, 2.05) is 12.1 Å². The molecule has 5 heteroatoms. The monoisotopic (exact) mass is 336 g/mol. The van der Waals surface area contributed by atoms with Crippen LogP contribution in [-0.4, -0.2) is 25.0 Å². The number of pyridine rings is 1. The minimum Gasteiger partial charge on any atom is -0.493 e. The molecular formula is C20H20N2O3. The van der Waals surface area contributed by atoms with Crippen molar-refractivity contribution in [1.29, 1.82) is 0 Å². The lowest BCUT2D eigenvalue weighted by Gasteiger charge is -2.17. The minimum absolute atomic E-state index is 0.254. The normalized spacial score (nSPS) is 10.5. The van der Waals surface area contributed by atoms with Crippen LogP contribution in [0.15, 0.2) is 59.1 Å². The van der Waals surface area contributed by atoms with E-state index >= 15 is 0 Å². The van der Waals surface area contributed by atoms with Crippen LogP contribution in [0.4, 0.5) is 5.82 Å². The molecule has 0 N–H and O–H groups in total. The number of aromatic nitrogens is 1. The van der Waals surface area contributed by atoms with Gasteiger partial charge >= 0.3 is 0 Å². The summed E-state index contributed by atoms with van der Waals surface area (Å²) in [6, 6.07) is 15.1. The summed E-state index contributed by atoms with van der Waals surface area (Å²) in [6.07, 6.45) is 2.60. The largest absolute Gasteiger partial charge is 0.493 e. The summed E-state index contributed by atoms with van der Waals surface area (Å²) < 4.78 is 11.0. The van der Waals surface area contributed by atoms with Gasteiger partial charge in [-0.3, -0.25) is 9.69 Å². The highest BCUT2D eigenvalue weighted by Gasteiger charge is 2.21. The van der Waals surface area contributed by atoms with Crippen molar-refractivity contribution in [2.24, 2.45) is 0 Å². The van der Waals surface area contributed by atoms with E-state index in [0.29, 0.717) is 17.3 Å². The molecule has 2 aromatic heterocycles. The Morgan fingerprint density at radius 3 is 2.60 bits per heavy atom. The van der Waals surface area contributed by atoms with Crippen molar-refractivity contribution in [2.45, 2.75) is 13.3 Å². The molecule has 0 spiro atoms. The Labute approximate surface area is 146 Å². The quantitative estimate of drug-likeness (QED) is 0.701. The van der Waals surface area contributed by atoms with E-state index < -0.39 is 0 Å². The first kappa shape index (κ1) is 16.8. The molecular weight excluding hydrogens is 316 g/mol. The molecule has 0 saturated carbocycles. The standard InChI is InChI=1S/C20H20N2O3/c1-4-14-7-9-15(10-8-14)16-11-12-18(25-16)20(23)22(2)19-17(24-3)6-5-13-21-19/h5-13H,4H2,1-3H3. The van der Waals surface area contributed by atoms with Gasteiger partial charge in [0.2, 0.25) is 0 Å². The number of hydrogen-bond donors (Lipinski definition) is 0. The summed E-state index contributed by atoms with van der Waals surface area (Å²) in [5, 5.41) is 0. The van der Waals surface area contributed by atoms with Crippen LogP contribution in [0, 0.1) is 0 Å². The van der Waals surface area contributed by atoms with Crippen LogP contribution in [0.3, 0.4) is 0 Å². The van der Waals surface area contributed by atoms with Crippen LogP contribution in [-0.2, 0) is 6.42 Å². The Bertz CT molecular complexity index is 869. The number of furan rings is 1. The van der Waals surface area contributed by atoms with Crippen LogP contribution in [0.25, 0.3) is 11.3 Å². The fourth-order valence-electron chi connectivity index (χ4n) is 2.57. The Kier molecular flexibility index (Phi) is 4.84. The predicted octanol–water partition coefficient (Wildman–Crippen LogP) is 4.19. The maximum absolute atomic E-state index is 12.7. The average molecular weight is 336 g/mol. The van der Waals surface area contributed by atoms with Crippen molar-refractivity contribution in [1.82, 2.24) is 4.98 Å². The van der Waals surface area contributed by atoms with E-state index in [-0.39, 0.29) is 11.7 Å². The third-order valence-corrected chi connectivity index (χ3v) is 4.06. The van der Waals surface area contributed by atoms with Crippen molar-refractivity contribution >= 4 is 11.7 Å². The van der Waals surface area contributed by atoms with E-state index in [9.17, 15) is 4.79 Å². The second kappa shape index (κ2) is 7.21. The molecule has 0 saturated heterocycles. The Balaban J connectivity index is 1.84. The Morgan fingerprint density at radius 1 is 1.16 bits per heavy atom. The van der Waals surface area contributed by atoms with Gasteiger partial charge < -0.3 is 9.15 Å². The van der Waals surface area contributed by atoms with Gasteiger partial charge in [0, 0.05) is 18.8 Å². The molecule has 0 bridgehead atoms. The SMILES string of the molecule is CCc1ccc(-c2ccc(C(=O)N(C)c3ncccc3OC)o2)cc1. The number of amides is 1. The molecule has 0 aliphatic rings. The zero-order chi connectivity index (χ0) is 17.8. The maximum Gasteiger partial charge on any atom is 0.294 e. The van der Waals surface area contributed by atoms with Crippen molar-refractivity contribution in [3.05, 3.63) is 66.1 Å². The molecule has 1 amide bonds. The molecule has 0 atom stereocenters. The van der Waals surface area contributed by atoms with Crippen molar-refractivity contribution in [3.8, 4) is 17.1 Å². The number of carbonyl (C=O) groups is 1. The van der Waals surface area contributed by atoms with Crippen LogP contribution in [0.2, 0.25) is 0 Å². The Hall–Kier alpha value is -3.08. The van der Waals surface area contributed by atoms with Gasteiger partial charge in [0.05, 0.1) is 7.11 Å². The number of carbonyl (C=O) groups excluding carboxylic acids is 1. The van der Waals surface area contributed by atoms with Crippen LogP contribution < -0.4 is 9.64 Å². The molecule has 25 heavy (non-hydrogen) atoms. The van der Waals surface area contributed by atoms with Gasteiger partial charge in [-0.05, 0) is 36.2 Å². The molecule has 0 aliphatic carbocycles. The number of hydrogen-bond acceptors (Lipinski definition) is 4. The zero-order valence-electron chi connectivity index (χ0n) is 14.5. The predicted molar refractivity (Wildman–Crippen MR) is 97.0 cm³/mol. The number of ether oxygens (including phenoxy) is 1. The van der Waals surface area contributed by atoms with Gasteiger partial charge in [0.1, 0.15) is 5.76 Å². The first-order valence-corrected chi connectivity index (χ1v) is 8.10. The molecule has 3 rings (SSSR count). The second-order valence-corrected chi connectivity index (χ2v) is 5.61. The van der Waals surface area contributed by atoms with Gasteiger partial charge in [0.15, 0.2) is 17.3 Å². The van der Waals surface area contributed by atoms with Crippen molar-refractivity contribution in [3.63, 3.8) is 0 Å². The molecule has 0 unspecified atom stereocenters. The fraction of sp³-hybridized carbons (Fsp3) is 0.200. The first-order valence-electron chi connectivity index (χ1n) is 8.10. The average Bonchev–Trinajstić information content (AvgIpc) is 3.17. The zero-order valence-corrected chi connectivity index (χ0v) is 14.5. The number of aryl methyl sites for hydroxylation is 1. The molecule has 5 nitrogen and oxygen atoms in total. The number of nitrogens with zero attached hydrogens (tertiary/aromatic N) is 2. The summed E-state index contributed by atoms with van der Waals surface area (Å²) in [5.41, 5.74) is 2.20. The lowest BCUT2D eigenvalue weighted by Crippen LogP contribution is -2.27. The summed E-state index contributed by atoms with van der Waals surface area (Å²) in [7, 11) is 3.19. The van der Waals surface area contributed by atoms with Gasteiger partial charge in [-0.2, -0.15) is 0 Å². The van der Waals surface area contributed by atoms with E-state index in [0.717, 1.165) is 12.0 Å². The molecule has 0 aliphatic heterocycles. The van der Waals surface area contributed by atoms with Crippen LogP contribution in [0.5, 0.6) is 5.75 Å². The maximum atomic E-state index is 12.7. The summed E-state index contributed by atoms with van der Waals surface area (Å²) in [5.74, 6) is 1.60.